The molecule has 0 spiro atoms. The first-order valence-electron chi connectivity index (χ1n) is 9.96. The number of ether oxygens (including phenoxy) is 6. The van der Waals surface area contributed by atoms with E-state index in [-0.39, 0.29) is 37.4 Å². The Hall–Kier alpha value is -4.10. The Morgan fingerprint density at radius 2 is 1.12 bits per heavy atom. The molecule has 2 amide bonds. The fourth-order valence-corrected chi connectivity index (χ4v) is 2.66. The number of alkyl carbamates (subject to hydrolysis) is 2. The normalized spacial score (nSPS) is 22.4. The van der Waals surface area contributed by atoms with E-state index in [2.05, 4.69) is 23.8 Å². The van der Waals surface area contributed by atoms with Gasteiger partial charge in [0.1, 0.15) is 13.2 Å². The van der Waals surface area contributed by atoms with E-state index in [9.17, 15) is 28.8 Å². The molecule has 2 rings (SSSR count). The number of fused-ring (bicyclic) bond motifs is 1. The number of carbonyl (C=O) groups is 6. The van der Waals surface area contributed by atoms with E-state index < -0.39 is 60.5 Å². The lowest BCUT2D eigenvalue weighted by molar-refractivity contribution is -0.159. The fourth-order valence-electron chi connectivity index (χ4n) is 2.66. The van der Waals surface area contributed by atoms with Crippen LogP contribution in [-0.4, -0.2) is 86.8 Å². The summed E-state index contributed by atoms with van der Waals surface area (Å²) in [4.78, 5) is 70.5. The second-order valence-corrected chi connectivity index (χ2v) is 7.14. The van der Waals surface area contributed by atoms with Gasteiger partial charge in [-0.1, -0.05) is 13.2 Å². The Kier molecular flexibility index (Phi) is 8.98. The molecule has 0 radical (unpaired) electrons. The quantitative estimate of drug-likeness (QED) is 0.172. The van der Waals surface area contributed by atoms with Crippen LogP contribution in [0.2, 0.25) is 0 Å². The molecule has 2 heterocycles. The average Bonchev–Trinajstić information content (AvgIpc) is 3.22. The number of amides is 2. The lowest BCUT2D eigenvalue weighted by atomic mass is 10.1. The summed E-state index contributed by atoms with van der Waals surface area (Å²) in [6, 6.07) is 0. The minimum atomic E-state index is -1.59. The molecule has 0 aromatic heterocycles. The molecule has 14 nitrogen and oxygen atoms in total. The van der Waals surface area contributed by atoms with Crippen molar-refractivity contribution < 1.29 is 57.2 Å². The molecule has 2 fully saturated rings. The number of hydrogen-bond acceptors (Lipinski definition) is 12. The maximum absolute atomic E-state index is 12.1. The molecule has 14 heteroatoms. The molecule has 0 aromatic rings. The molecule has 2 N–H and O–H groups in total. The lowest BCUT2D eigenvalue weighted by Gasteiger charge is -2.14. The monoisotopic (exact) mass is 484 g/mol. The standard InChI is InChI=1S/C20H24N2O12/c1-9(2)15(23)29-7-5-21-19(27)33-13-11-12(32-17(13)25)14(18(26)31-11)34-20(28)22-6-8-30-16(24)10(3)4/h11-14H,1,3,5-8H2,2,4H3,(H,21,27)(H,22,28). The van der Waals surface area contributed by atoms with Gasteiger partial charge >= 0.3 is 36.1 Å². The van der Waals surface area contributed by atoms with E-state index in [0.717, 1.165) is 0 Å². The van der Waals surface area contributed by atoms with E-state index in [1.807, 2.05) is 0 Å². The summed E-state index contributed by atoms with van der Waals surface area (Å²) < 4.78 is 29.4. The minimum Gasteiger partial charge on any atom is -0.460 e. The number of esters is 4. The zero-order chi connectivity index (χ0) is 25.4. The Labute approximate surface area is 193 Å². The van der Waals surface area contributed by atoms with Crippen LogP contribution in [0.4, 0.5) is 9.59 Å². The van der Waals surface area contributed by atoms with Gasteiger partial charge in [-0.15, -0.1) is 0 Å². The van der Waals surface area contributed by atoms with Crippen LogP contribution in [0, 0.1) is 0 Å². The molecule has 0 aliphatic carbocycles. The van der Waals surface area contributed by atoms with Crippen molar-refractivity contribution in [2.75, 3.05) is 26.3 Å². The zero-order valence-corrected chi connectivity index (χ0v) is 18.5. The molecule has 2 aliphatic heterocycles. The third-order valence-electron chi connectivity index (χ3n) is 4.26. The van der Waals surface area contributed by atoms with Crippen LogP contribution < -0.4 is 10.6 Å². The largest absolute Gasteiger partial charge is 0.460 e. The van der Waals surface area contributed by atoms with Crippen molar-refractivity contribution in [3.63, 3.8) is 0 Å². The summed E-state index contributed by atoms with van der Waals surface area (Å²) in [6.07, 6.45) is -7.97. The molecule has 2 saturated heterocycles. The highest BCUT2D eigenvalue weighted by Gasteiger charge is 2.61. The highest BCUT2D eigenvalue weighted by molar-refractivity contribution is 5.89. The van der Waals surface area contributed by atoms with Gasteiger partial charge in [-0.3, -0.25) is 0 Å². The van der Waals surface area contributed by atoms with Crippen LogP contribution >= 0.6 is 0 Å². The first kappa shape index (κ1) is 26.2. The Balaban J connectivity index is 1.79. The Morgan fingerprint density at radius 3 is 1.44 bits per heavy atom. The molecule has 0 aromatic carbocycles. The van der Waals surface area contributed by atoms with Crippen molar-refractivity contribution in [3.8, 4) is 0 Å². The van der Waals surface area contributed by atoms with Crippen molar-refractivity contribution >= 4 is 36.1 Å². The van der Waals surface area contributed by atoms with E-state index in [4.69, 9.17) is 28.4 Å². The number of hydrogen-bond donors (Lipinski definition) is 2. The predicted molar refractivity (Wildman–Crippen MR) is 108 cm³/mol. The molecule has 4 atom stereocenters. The molecule has 34 heavy (non-hydrogen) atoms. The summed E-state index contributed by atoms with van der Waals surface area (Å²) in [6.45, 7) is 9.12. The van der Waals surface area contributed by atoms with E-state index >= 15 is 0 Å². The molecule has 0 bridgehead atoms. The first-order chi connectivity index (χ1) is 16.0. The summed E-state index contributed by atoms with van der Waals surface area (Å²) >= 11 is 0. The topological polar surface area (TPSA) is 182 Å². The van der Waals surface area contributed by atoms with Gasteiger partial charge in [0.25, 0.3) is 0 Å². The summed E-state index contributed by atoms with van der Waals surface area (Å²) in [5.74, 6) is -3.30. The van der Waals surface area contributed by atoms with Gasteiger partial charge in [-0.05, 0) is 13.8 Å². The van der Waals surface area contributed by atoms with Crippen LogP contribution in [0.15, 0.2) is 24.3 Å². The third kappa shape index (κ3) is 6.95. The third-order valence-corrected chi connectivity index (χ3v) is 4.26. The van der Waals surface area contributed by atoms with Crippen molar-refractivity contribution in [2.45, 2.75) is 38.3 Å². The fraction of sp³-hybridized carbons (Fsp3) is 0.500. The summed E-state index contributed by atoms with van der Waals surface area (Å²) in [7, 11) is 0. The zero-order valence-electron chi connectivity index (χ0n) is 18.5. The number of nitrogens with one attached hydrogen (secondary N) is 2. The van der Waals surface area contributed by atoms with Crippen LogP contribution in [0.5, 0.6) is 0 Å². The van der Waals surface area contributed by atoms with Gasteiger partial charge in [0.2, 0.25) is 12.2 Å². The Morgan fingerprint density at radius 1 is 0.765 bits per heavy atom. The van der Waals surface area contributed by atoms with Crippen LogP contribution in [0.1, 0.15) is 13.8 Å². The molecule has 4 unspecified atom stereocenters. The molecular weight excluding hydrogens is 460 g/mol. The summed E-state index contributed by atoms with van der Waals surface area (Å²) in [5, 5.41) is 4.50. The summed E-state index contributed by atoms with van der Waals surface area (Å²) in [5.41, 5.74) is 0.365. The highest BCUT2D eigenvalue weighted by Crippen LogP contribution is 2.32. The molecular formula is C20H24N2O12. The lowest BCUT2D eigenvalue weighted by Crippen LogP contribution is -2.40. The van der Waals surface area contributed by atoms with Gasteiger partial charge in [-0.25, -0.2) is 28.8 Å². The second kappa shape index (κ2) is 11.7. The van der Waals surface area contributed by atoms with Gasteiger partial charge in [-0.2, -0.15) is 0 Å². The van der Waals surface area contributed by atoms with Crippen molar-refractivity contribution in [1.82, 2.24) is 10.6 Å². The van der Waals surface area contributed by atoms with E-state index in [1.165, 1.54) is 13.8 Å². The molecule has 2 aliphatic rings. The SMILES string of the molecule is C=C(C)C(=O)OCCNC(=O)OC1C(=O)OC2C(OC(=O)NCCOC(=O)C(=C)C)C(=O)OC12. The van der Waals surface area contributed by atoms with Gasteiger partial charge in [0.05, 0.1) is 13.1 Å². The van der Waals surface area contributed by atoms with Crippen molar-refractivity contribution in [2.24, 2.45) is 0 Å². The first-order valence-corrected chi connectivity index (χ1v) is 9.96. The van der Waals surface area contributed by atoms with Crippen molar-refractivity contribution in [3.05, 3.63) is 24.3 Å². The van der Waals surface area contributed by atoms with Gasteiger partial charge in [0, 0.05) is 11.1 Å². The van der Waals surface area contributed by atoms with Gasteiger partial charge in [0.15, 0.2) is 12.2 Å². The maximum Gasteiger partial charge on any atom is 0.408 e. The second-order valence-electron chi connectivity index (χ2n) is 7.14. The Bertz CT molecular complexity index is 826. The van der Waals surface area contributed by atoms with E-state index in [0.29, 0.717) is 0 Å². The average molecular weight is 484 g/mol. The van der Waals surface area contributed by atoms with Crippen LogP contribution in [-0.2, 0) is 47.6 Å². The molecule has 0 saturated carbocycles. The highest BCUT2D eigenvalue weighted by atomic mass is 16.7. The van der Waals surface area contributed by atoms with Crippen LogP contribution in [0.25, 0.3) is 0 Å². The minimum absolute atomic E-state index is 0.124. The van der Waals surface area contributed by atoms with Crippen molar-refractivity contribution in [1.29, 1.82) is 0 Å². The number of rotatable bonds is 10. The van der Waals surface area contributed by atoms with Gasteiger partial charge < -0.3 is 39.1 Å². The predicted octanol–water partition coefficient (Wildman–Crippen LogP) is -0.735. The maximum atomic E-state index is 12.1. The van der Waals surface area contributed by atoms with E-state index in [1.54, 1.807) is 0 Å². The smallest absolute Gasteiger partial charge is 0.408 e. The van der Waals surface area contributed by atoms with Crippen LogP contribution in [0.3, 0.4) is 0 Å². The number of carbonyl (C=O) groups excluding carboxylic acids is 6. The molecule has 186 valence electrons.